The molecule has 10 heteroatoms. The molecule has 1 amide bonds. The molecule has 8 nitrogen and oxygen atoms in total. The number of pyridine rings is 1. The Morgan fingerprint density at radius 1 is 1.21 bits per heavy atom. The number of aromatic nitrogens is 3. The Balaban J connectivity index is 1.33. The minimum absolute atomic E-state index is 0.128. The zero-order valence-electron chi connectivity index (χ0n) is 17.6. The Labute approximate surface area is 198 Å². The van der Waals surface area contributed by atoms with Gasteiger partial charge in [-0.05, 0) is 41.3 Å². The number of ether oxygens (including phenoxy) is 1. The van der Waals surface area contributed by atoms with Crippen molar-refractivity contribution >= 4 is 34.7 Å². The van der Waals surface area contributed by atoms with Crippen LogP contribution in [-0.4, -0.2) is 44.7 Å². The summed E-state index contributed by atoms with van der Waals surface area (Å²) >= 11 is 2.81. The molecule has 3 aromatic heterocycles. The lowest BCUT2D eigenvalue weighted by atomic mass is 10.0. The van der Waals surface area contributed by atoms with Crippen LogP contribution in [0.3, 0.4) is 0 Å². The second kappa shape index (κ2) is 9.55. The van der Waals surface area contributed by atoms with Crippen LogP contribution >= 0.6 is 23.1 Å². The topological polar surface area (TPSA) is 93.7 Å². The van der Waals surface area contributed by atoms with E-state index in [1.807, 2.05) is 47.8 Å². The first-order chi connectivity index (χ1) is 16.2. The predicted molar refractivity (Wildman–Crippen MR) is 126 cm³/mol. The number of amides is 1. The molecular weight excluding hydrogens is 458 g/mol. The standard InChI is InChI=1S/C23H19N5O3S2/c1-30-17-8-6-15(7-9-17)19-12-18(20-5-3-11-32-20)27-28(19)21(29)14-33-23-26-25-22(31-23)16-4-2-10-24-13-16/h2-11,13,19H,12,14H2,1H3. The number of benzene rings is 1. The minimum Gasteiger partial charge on any atom is -0.497 e. The molecule has 0 N–H and O–H groups in total. The molecule has 4 heterocycles. The largest absolute Gasteiger partial charge is 0.497 e. The van der Waals surface area contributed by atoms with E-state index in [9.17, 15) is 4.79 Å². The lowest BCUT2D eigenvalue weighted by molar-refractivity contribution is -0.130. The van der Waals surface area contributed by atoms with Crippen molar-refractivity contribution in [3.8, 4) is 17.2 Å². The van der Waals surface area contributed by atoms with Crippen LogP contribution in [0, 0.1) is 0 Å². The van der Waals surface area contributed by atoms with Crippen LogP contribution < -0.4 is 4.74 Å². The van der Waals surface area contributed by atoms with Gasteiger partial charge in [0.15, 0.2) is 0 Å². The summed E-state index contributed by atoms with van der Waals surface area (Å²) in [6.45, 7) is 0. The Morgan fingerprint density at radius 3 is 2.82 bits per heavy atom. The minimum atomic E-state index is -0.185. The molecule has 0 saturated heterocycles. The fourth-order valence-corrected chi connectivity index (χ4v) is 4.82. The summed E-state index contributed by atoms with van der Waals surface area (Å²) in [6, 6.07) is 15.2. The summed E-state index contributed by atoms with van der Waals surface area (Å²) in [5.41, 5.74) is 2.63. The molecule has 0 fully saturated rings. The summed E-state index contributed by atoms with van der Waals surface area (Å²) < 4.78 is 11.0. The lowest BCUT2D eigenvalue weighted by Gasteiger charge is -2.22. The number of carbonyl (C=O) groups excluding carboxylic acids is 1. The van der Waals surface area contributed by atoms with Crippen LogP contribution in [0.1, 0.15) is 22.9 Å². The third-order valence-corrected chi connectivity index (χ3v) is 6.83. The molecule has 0 bridgehead atoms. The van der Waals surface area contributed by atoms with Gasteiger partial charge in [-0.2, -0.15) is 5.10 Å². The molecule has 1 aliphatic rings. The molecule has 1 unspecified atom stereocenters. The molecule has 33 heavy (non-hydrogen) atoms. The van der Waals surface area contributed by atoms with Gasteiger partial charge in [-0.1, -0.05) is 30.0 Å². The summed E-state index contributed by atoms with van der Waals surface area (Å²) in [4.78, 5) is 18.3. The molecule has 0 aliphatic carbocycles. The van der Waals surface area contributed by atoms with Gasteiger partial charge in [0.25, 0.3) is 11.1 Å². The van der Waals surface area contributed by atoms with Crippen molar-refractivity contribution in [2.24, 2.45) is 5.10 Å². The van der Waals surface area contributed by atoms with E-state index in [2.05, 4.69) is 20.3 Å². The van der Waals surface area contributed by atoms with Gasteiger partial charge in [0.1, 0.15) is 5.75 Å². The second-order valence-corrected chi connectivity index (χ2v) is 9.03. The zero-order valence-corrected chi connectivity index (χ0v) is 19.3. The Kier molecular flexibility index (Phi) is 6.18. The van der Waals surface area contributed by atoms with Gasteiger partial charge in [-0.15, -0.1) is 21.5 Å². The van der Waals surface area contributed by atoms with Gasteiger partial charge < -0.3 is 9.15 Å². The fourth-order valence-electron chi connectivity index (χ4n) is 3.48. The Hall–Kier alpha value is -3.50. The average molecular weight is 478 g/mol. The number of carbonyl (C=O) groups is 1. The van der Waals surface area contributed by atoms with Gasteiger partial charge in [0.2, 0.25) is 5.89 Å². The first-order valence-corrected chi connectivity index (χ1v) is 12.0. The number of hydrazone groups is 1. The molecule has 1 aliphatic heterocycles. The molecule has 0 saturated carbocycles. The maximum absolute atomic E-state index is 13.2. The lowest BCUT2D eigenvalue weighted by Crippen LogP contribution is -2.28. The monoisotopic (exact) mass is 477 g/mol. The van der Waals surface area contributed by atoms with Crippen molar-refractivity contribution in [1.29, 1.82) is 0 Å². The van der Waals surface area contributed by atoms with Crippen LogP contribution in [0.15, 0.2) is 81.0 Å². The van der Waals surface area contributed by atoms with Crippen LogP contribution in [0.4, 0.5) is 0 Å². The third-order valence-electron chi connectivity index (χ3n) is 5.11. The highest BCUT2D eigenvalue weighted by Gasteiger charge is 2.33. The quantitative estimate of drug-likeness (QED) is 0.357. The number of thiophene rings is 1. The number of nitrogens with zero attached hydrogens (tertiary/aromatic N) is 5. The van der Waals surface area contributed by atoms with Crippen LogP contribution in [-0.2, 0) is 4.79 Å². The van der Waals surface area contributed by atoms with E-state index in [0.29, 0.717) is 17.5 Å². The smallest absolute Gasteiger partial charge is 0.277 e. The van der Waals surface area contributed by atoms with E-state index in [1.165, 1.54) is 11.8 Å². The van der Waals surface area contributed by atoms with Crippen molar-refractivity contribution in [1.82, 2.24) is 20.2 Å². The average Bonchev–Trinajstić information content (AvgIpc) is 3.64. The maximum atomic E-state index is 13.2. The third kappa shape index (κ3) is 4.67. The van der Waals surface area contributed by atoms with E-state index in [0.717, 1.165) is 27.5 Å². The van der Waals surface area contributed by atoms with E-state index >= 15 is 0 Å². The van der Waals surface area contributed by atoms with Gasteiger partial charge in [0, 0.05) is 18.8 Å². The predicted octanol–water partition coefficient (Wildman–Crippen LogP) is 4.67. The van der Waals surface area contributed by atoms with Crippen molar-refractivity contribution < 1.29 is 13.9 Å². The molecule has 0 spiro atoms. The summed E-state index contributed by atoms with van der Waals surface area (Å²) in [5, 5.41) is 16.7. The van der Waals surface area contributed by atoms with Gasteiger partial charge in [-0.3, -0.25) is 9.78 Å². The number of hydrogen-bond acceptors (Lipinski definition) is 9. The molecule has 166 valence electrons. The van der Waals surface area contributed by atoms with Crippen LogP contribution in [0.25, 0.3) is 11.5 Å². The fraction of sp³-hybridized carbons (Fsp3) is 0.174. The Morgan fingerprint density at radius 2 is 2.09 bits per heavy atom. The molecule has 0 radical (unpaired) electrons. The first-order valence-electron chi connectivity index (χ1n) is 10.2. The molecular formula is C23H19N5O3S2. The van der Waals surface area contributed by atoms with E-state index in [-0.39, 0.29) is 17.7 Å². The Bertz CT molecular complexity index is 1260. The highest BCUT2D eigenvalue weighted by atomic mass is 32.2. The van der Waals surface area contributed by atoms with Crippen molar-refractivity contribution in [3.05, 3.63) is 76.7 Å². The zero-order chi connectivity index (χ0) is 22.6. The maximum Gasteiger partial charge on any atom is 0.277 e. The van der Waals surface area contributed by atoms with E-state index < -0.39 is 0 Å². The number of methoxy groups -OCH3 is 1. The molecule has 1 atom stereocenters. The van der Waals surface area contributed by atoms with Gasteiger partial charge in [-0.25, -0.2) is 5.01 Å². The molecule has 4 aromatic rings. The van der Waals surface area contributed by atoms with Crippen LogP contribution in [0.5, 0.6) is 5.75 Å². The highest BCUT2D eigenvalue weighted by molar-refractivity contribution is 7.99. The SMILES string of the molecule is COc1ccc(C2CC(c3cccs3)=NN2C(=O)CSc2nnc(-c3cccnc3)o2)cc1. The number of rotatable bonds is 7. The number of thioether (sulfide) groups is 1. The number of hydrogen-bond donors (Lipinski definition) is 0. The van der Waals surface area contributed by atoms with Gasteiger partial charge >= 0.3 is 0 Å². The van der Waals surface area contributed by atoms with Crippen LogP contribution in [0.2, 0.25) is 0 Å². The van der Waals surface area contributed by atoms with E-state index in [4.69, 9.17) is 9.15 Å². The summed E-state index contributed by atoms with van der Waals surface area (Å²) in [6.07, 6.45) is 3.97. The van der Waals surface area contributed by atoms with Crippen molar-refractivity contribution in [2.45, 2.75) is 17.7 Å². The van der Waals surface area contributed by atoms with Crippen molar-refractivity contribution in [3.63, 3.8) is 0 Å². The summed E-state index contributed by atoms with van der Waals surface area (Å²) in [5.74, 6) is 1.13. The molecule has 5 rings (SSSR count). The first kappa shape index (κ1) is 21.4. The molecule has 1 aromatic carbocycles. The highest BCUT2D eigenvalue weighted by Crippen LogP contribution is 2.35. The summed E-state index contributed by atoms with van der Waals surface area (Å²) in [7, 11) is 1.63. The second-order valence-electron chi connectivity index (χ2n) is 7.16. The van der Waals surface area contributed by atoms with Crippen molar-refractivity contribution in [2.75, 3.05) is 12.9 Å². The van der Waals surface area contributed by atoms with E-state index in [1.54, 1.807) is 41.9 Å². The normalized spacial score (nSPS) is 15.5. The van der Waals surface area contributed by atoms with Gasteiger partial charge in [0.05, 0.1) is 35.1 Å².